The number of alkyl halides is 2. The van der Waals surface area contributed by atoms with Crippen LogP contribution in [-0.2, 0) is 0 Å². The highest BCUT2D eigenvalue weighted by Crippen LogP contribution is 2.80. The maximum absolute atomic E-state index is 15.9. The summed E-state index contributed by atoms with van der Waals surface area (Å²) in [6.07, 6.45) is 0. The second kappa shape index (κ2) is 6.48. The molecule has 0 aliphatic heterocycles. The first-order chi connectivity index (χ1) is 8.73. The highest BCUT2D eigenvalue weighted by atomic mass is 31.7. The summed E-state index contributed by atoms with van der Waals surface area (Å²) in [5.74, 6) is 0. The van der Waals surface area contributed by atoms with Crippen LogP contribution in [0, 0.1) is 0 Å². The van der Waals surface area contributed by atoms with Crippen LogP contribution in [0.3, 0.4) is 0 Å². The van der Waals surface area contributed by atoms with Crippen LogP contribution >= 0.6 is 14.0 Å². The van der Waals surface area contributed by atoms with Gasteiger partial charge in [-0.3, -0.25) is 0 Å². The van der Waals surface area contributed by atoms with Gasteiger partial charge >= 0.3 is 0 Å². The van der Waals surface area contributed by atoms with Gasteiger partial charge in [0.25, 0.3) is 5.40 Å². The standard InChI is InChI=1S/C13H36F2P2Si4/c1-18(2,3)16(19(4,5)6)13(14,15)17(20(7,8)9)21(10,11)12/h1-12H3. The molecule has 0 fully saturated rings. The number of rotatable bonds is 6. The molecule has 0 atom stereocenters. The molecule has 0 nitrogen and oxygen atoms in total. The van der Waals surface area contributed by atoms with Gasteiger partial charge in [0.1, 0.15) is 0 Å². The van der Waals surface area contributed by atoms with Crippen LogP contribution in [0.5, 0.6) is 0 Å². The zero-order chi connectivity index (χ0) is 17.7. The zero-order valence-electron chi connectivity index (χ0n) is 16.2. The molecule has 0 spiro atoms. The van der Waals surface area contributed by atoms with Crippen LogP contribution in [0.15, 0.2) is 0 Å². The van der Waals surface area contributed by atoms with E-state index in [-0.39, 0.29) is 0 Å². The fourth-order valence-corrected chi connectivity index (χ4v) is 87.8. The average Bonchev–Trinajstić information content (AvgIpc) is 1.84. The van der Waals surface area contributed by atoms with Gasteiger partial charge in [0.05, 0.1) is 31.0 Å². The predicted octanol–water partition coefficient (Wildman–Crippen LogP) is 7.84. The van der Waals surface area contributed by atoms with Crippen molar-refractivity contribution in [2.24, 2.45) is 0 Å². The van der Waals surface area contributed by atoms with Gasteiger partial charge in [-0.1, -0.05) is 92.6 Å². The van der Waals surface area contributed by atoms with E-state index in [0.29, 0.717) is 0 Å². The quantitative estimate of drug-likeness (QED) is 0.312. The predicted molar refractivity (Wildman–Crippen MR) is 112 cm³/mol. The largest absolute Gasteiger partial charge is 0.267 e. The molecule has 0 saturated heterocycles. The summed E-state index contributed by atoms with van der Waals surface area (Å²) in [5, 5.41) is -2.35. The van der Waals surface area contributed by atoms with Crippen molar-refractivity contribution in [2.75, 3.05) is 0 Å². The summed E-state index contributed by atoms with van der Waals surface area (Å²) in [4.78, 5) is 0. The summed E-state index contributed by atoms with van der Waals surface area (Å²) in [5.41, 5.74) is 0. The van der Waals surface area contributed by atoms with Gasteiger partial charge in [0.2, 0.25) is 0 Å². The van der Waals surface area contributed by atoms with Crippen LogP contribution in [0.2, 0.25) is 78.6 Å². The van der Waals surface area contributed by atoms with E-state index >= 15 is 8.78 Å². The smallest absolute Gasteiger partial charge is 0.199 e. The fraction of sp³-hybridized carbons (Fsp3) is 1.00. The van der Waals surface area contributed by atoms with Crippen molar-refractivity contribution in [1.82, 2.24) is 0 Å². The second-order valence-corrected chi connectivity index (χ2v) is 54.2. The van der Waals surface area contributed by atoms with Crippen LogP contribution in [-0.4, -0.2) is 36.4 Å². The molecule has 0 heterocycles. The molecule has 0 amide bonds. The van der Waals surface area contributed by atoms with Crippen molar-refractivity contribution in [3.8, 4) is 0 Å². The Bertz CT molecular complexity index is 300. The highest BCUT2D eigenvalue weighted by molar-refractivity contribution is 8.30. The first-order valence-corrected chi connectivity index (χ1v) is 27.8. The van der Waals surface area contributed by atoms with Crippen LogP contribution < -0.4 is 0 Å². The lowest BCUT2D eigenvalue weighted by Gasteiger charge is -2.53. The summed E-state index contributed by atoms with van der Waals surface area (Å²) in [6, 6.07) is 0. The van der Waals surface area contributed by atoms with Crippen molar-refractivity contribution < 1.29 is 8.78 Å². The van der Waals surface area contributed by atoms with E-state index in [9.17, 15) is 0 Å². The number of halogens is 2. The molecule has 0 N–H and O–H groups in total. The van der Waals surface area contributed by atoms with E-state index < -0.39 is 50.4 Å². The molecule has 0 aromatic heterocycles. The zero-order valence-corrected chi connectivity index (χ0v) is 21.9. The monoisotopic (exact) mass is 404 g/mol. The minimum Gasteiger partial charge on any atom is -0.199 e. The SMILES string of the molecule is C[Si](C)(C)P(C(F)(F)P([Si](C)(C)C)[Si](C)(C)C)[Si](C)(C)C. The van der Waals surface area contributed by atoms with E-state index in [0.717, 1.165) is 0 Å². The third-order valence-corrected chi connectivity index (χ3v) is 56.7. The molecular formula is C13H36F2P2Si4. The Morgan fingerprint density at radius 1 is 0.476 bits per heavy atom. The van der Waals surface area contributed by atoms with Crippen molar-refractivity contribution >= 4 is 45.0 Å². The molecule has 0 unspecified atom stereocenters. The first-order valence-electron chi connectivity index (χ1n) is 7.72. The van der Waals surface area contributed by atoms with Crippen molar-refractivity contribution in [3.63, 3.8) is 0 Å². The molecule has 0 aliphatic carbocycles. The Balaban J connectivity index is 6.21. The summed E-state index contributed by atoms with van der Waals surface area (Å²) < 4.78 is 31.9. The molecule has 0 aliphatic rings. The lowest BCUT2D eigenvalue weighted by molar-refractivity contribution is 0.204. The Kier molecular flexibility index (Phi) is 6.97. The van der Waals surface area contributed by atoms with Gasteiger partial charge in [0, 0.05) is 0 Å². The normalized spacial score (nSPS) is 16.0. The lowest BCUT2D eigenvalue weighted by atomic mass is 11.6. The molecule has 0 bridgehead atoms. The molecule has 128 valence electrons. The van der Waals surface area contributed by atoms with E-state index in [1.165, 1.54) is 0 Å². The maximum Gasteiger partial charge on any atom is 0.267 e. The van der Waals surface area contributed by atoms with Crippen LogP contribution in [0.1, 0.15) is 0 Å². The van der Waals surface area contributed by atoms with Gasteiger partial charge < -0.3 is 0 Å². The molecule has 21 heavy (non-hydrogen) atoms. The van der Waals surface area contributed by atoms with Gasteiger partial charge in [0.15, 0.2) is 0 Å². The van der Waals surface area contributed by atoms with Gasteiger partial charge in [-0.25, -0.2) is 0 Å². The summed E-state index contributed by atoms with van der Waals surface area (Å²) in [6.45, 7) is 26.2. The topological polar surface area (TPSA) is 0 Å². The summed E-state index contributed by atoms with van der Waals surface area (Å²) in [7, 11) is -9.59. The van der Waals surface area contributed by atoms with Crippen LogP contribution in [0.25, 0.3) is 0 Å². The highest BCUT2D eigenvalue weighted by Gasteiger charge is 2.61. The van der Waals surface area contributed by atoms with Gasteiger partial charge in [-0.2, -0.15) is 8.78 Å². The molecule has 0 aromatic rings. The second-order valence-electron chi connectivity index (χ2n) is 9.86. The Labute approximate surface area is 137 Å². The number of hydrogen-bond acceptors (Lipinski definition) is 0. The van der Waals surface area contributed by atoms with E-state index in [4.69, 9.17) is 0 Å². The lowest BCUT2D eigenvalue weighted by Crippen LogP contribution is -2.47. The molecule has 0 radical (unpaired) electrons. The van der Waals surface area contributed by atoms with Gasteiger partial charge in [-0.05, 0) is 0 Å². The molecule has 8 heteroatoms. The first kappa shape index (κ1) is 22.6. The molecule has 0 saturated carbocycles. The van der Waals surface area contributed by atoms with Crippen molar-refractivity contribution in [3.05, 3.63) is 0 Å². The minimum atomic E-state index is -2.35. The van der Waals surface area contributed by atoms with Crippen LogP contribution in [0.4, 0.5) is 8.78 Å². The third-order valence-electron chi connectivity index (χ3n) is 3.22. The third kappa shape index (κ3) is 5.86. The Morgan fingerprint density at radius 3 is 0.714 bits per heavy atom. The number of hydrogen-bond donors (Lipinski definition) is 0. The minimum absolute atomic E-state index is 1.11. The van der Waals surface area contributed by atoms with Crippen molar-refractivity contribution in [1.29, 1.82) is 0 Å². The van der Waals surface area contributed by atoms with Crippen molar-refractivity contribution in [2.45, 2.75) is 84.0 Å². The summed E-state index contributed by atoms with van der Waals surface area (Å²) >= 11 is 0. The van der Waals surface area contributed by atoms with E-state index in [2.05, 4.69) is 78.6 Å². The Morgan fingerprint density at radius 2 is 0.619 bits per heavy atom. The average molecular weight is 405 g/mol. The molecule has 0 rings (SSSR count). The van der Waals surface area contributed by atoms with E-state index in [1.54, 1.807) is 0 Å². The molecular weight excluding hydrogens is 368 g/mol. The fourth-order valence-electron chi connectivity index (χ4n) is 3.73. The molecule has 0 aromatic carbocycles. The van der Waals surface area contributed by atoms with Gasteiger partial charge in [-0.15, -0.1) is 0 Å². The maximum atomic E-state index is 15.9. The van der Waals surface area contributed by atoms with E-state index in [1.807, 2.05) is 0 Å². The Hall–Kier alpha value is 1.59.